The Morgan fingerprint density at radius 1 is 1.33 bits per heavy atom. The first kappa shape index (κ1) is 10.5. The van der Waals surface area contributed by atoms with Gasteiger partial charge in [0.25, 0.3) is 0 Å². The number of halogens is 2. The molecule has 0 spiro atoms. The Kier molecular flexibility index (Phi) is 2.98. The van der Waals surface area contributed by atoms with Gasteiger partial charge >= 0.3 is 0 Å². The van der Waals surface area contributed by atoms with Gasteiger partial charge in [-0.2, -0.15) is 0 Å². The fourth-order valence-electron chi connectivity index (χ4n) is 2.09. The zero-order chi connectivity index (χ0) is 10.8. The van der Waals surface area contributed by atoms with E-state index in [1.807, 2.05) is 0 Å². The normalized spacial score (nSPS) is 25.8. The van der Waals surface area contributed by atoms with Crippen LogP contribution in [-0.4, -0.2) is 24.8 Å². The van der Waals surface area contributed by atoms with E-state index < -0.39 is 11.6 Å². The molecule has 1 fully saturated rings. The average Bonchev–Trinajstić information content (AvgIpc) is 2.65. The summed E-state index contributed by atoms with van der Waals surface area (Å²) in [4.78, 5) is 0. The minimum atomic E-state index is -0.567. The van der Waals surface area contributed by atoms with E-state index in [4.69, 9.17) is 5.11 Å². The highest BCUT2D eigenvalue weighted by Crippen LogP contribution is 2.29. The lowest BCUT2D eigenvalue weighted by atomic mass is 9.89. The Hall–Kier alpha value is -1.00. The fraction of sp³-hybridized carbons (Fsp3) is 0.455. The molecule has 0 unspecified atom stereocenters. The third-order valence-corrected chi connectivity index (χ3v) is 2.94. The van der Waals surface area contributed by atoms with Crippen molar-refractivity contribution in [3.8, 4) is 0 Å². The van der Waals surface area contributed by atoms with Crippen molar-refractivity contribution in [1.82, 2.24) is 5.32 Å². The van der Waals surface area contributed by atoms with Crippen LogP contribution in [0.25, 0.3) is 0 Å². The molecule has 4 heteroatoms. The van der Waals surface area contributed by atoms with Gasteiger partial charge in [0.05, 0.1) is 0 Å². The van der Waals surface area contributed by atoms with Crippen molar-refractivity contribution >= 4 is 0 Å². The van der Waals surface area contributed by atoms with Crippen molar-refractivity contribution in [3.05, 3.63) is 35.4 Å². The molecule has 0 radical (unpaired) electrons. The van der Waals surface area contributed by atoms with Gasteiger partial charge in [-0.05, 0) is 11.6 Å². The molecule has 2 N–H and O–H groups in total. The predicted octanol–water partition coefficient (Wildman–Crippen LogP) is 1.26. The van der Waals surface area contributed by atoms with Crippen LogP contribution >= 0.6 is 0 Å². The zero-order valence-electron chi connectivity index (χ0n) is 8.21. The summed E-state index contributed by atoms with van der Waals surface area (Å²) in [7, 11) is 0. The monoisotopic (exact) mass is 213 g/mol. The standard InChI is InChI=1S/C11H13F2NO/c12-8-1-2-9(11(13)3-8)10-5-14-4-7(10)6-15/h1-3,7,10,14-15H,4-6H2/t7-,10+/m1/s1. The number of aliphatic hydroxyl groups excluding tert-OH is 1. The van der Waals surface area contributed by atoms with E-state index in [2.05, 4.69) is 5.32 Å². The summed E-state index contributed by atoms with van der Waals surface area (Å²) in [5.74, 6) is -1.13. The van der Waals surface area contributed by atoms with Crippen molar-refractivity contribution < 1.29 is 13.9 Å². The smallest absolute Gasteiger partial charge is 0.129 e. The highest BCUT2D eigenvalue weighted by Gasteiger charge is 2.29. The molecule has 1 aliphatic heterocycles. The van der Waals surface area contributed by atoms with Crippen LogP contribution in [0.5, 0.6) is 0 Å². The highest BCUT2D eigenvalue weighted by molar-refractivity contribution is 5.25. The molecule has 82 valence electrons. The van der Waals surface area contributed by atoms with E-state index in [9.17, 15) is 8.78 Å². The molecule has 1 saturated heterocycles. The van der Waals surface area contributed by atoms with Crippen molar-refractivity contribution in [3.63, 3.8) is 0 Å². The summed E-state index contributed by atoms with van der Waals surface area (Å²) >= 11 is 0. The lowest BCUT2D eigenvalue weighted by Crippen LogP contribution is -2.16. The van der Waals surface area contributed by atoms with Crippen LogP contribution in [0.1, 0.15) is 11.5 Å². The molecule has 1 aliphatic rings. The number of hydrogen-bond donors (Lipinski definition) is 2. The molecule has 0 bridgehead atoms. The Bertz CT molecular complexity index is 356. The number of hydrogen-bond acceptors (Lipinski definition) is 2. The second-order valence-corrected chi connectivity index (χ2v) is 3.87. The van der Waals surface area contributed by atoms with Gasteiger partial charge in [0.15, 0.2) is 0 Å². The van der Waals surface area contributed by atoms with Gasteiger partial charge in [0, 0.05) is 37.6 Å². The van der Waals surface area contributed by atoms with Gasteiger partial charge in [-0.25, -0.2) is 8.78 Å². The molecular weight excluding hydrogens is 200 g/mol. The molecule has 2 rings (SSSR count). The zero-order valence-corrected chi connectivity index (χ0v) is 8.21. The molecule has 2 atom stereocenters. The van der Waals surface area contributed by atoms with E-state index in [0.29, 0.717) is 18.7 Å². The first-order chi connectivity index (χ1) is 7.22. The summed E-state index contributed by atoms with van der Waals surface area (Å²) in [5, 5.41) is 12.2. The minimum Gasteiger partial charge on any atom is -0.396 e. The SMILES string of the molecule is OC[C@H]1CNC[C@@H]1c1ccc(F)cc1F. The molecule has 0 amide bonds. The fourth-order valence-corrected chi connectivity index (χ4v) is 2.09. The number of benzene rings is 1. The quantitative estimate of drug-likeness (QED) is 0.775. The predicted molar refractivity (Wildman–Crippen MR) is 52.5 cm³/mol. The molecule has 15 heavy (non-hydrogen) atoms. The lowest BCUT2D eigenvalue weighted by Gasteiger charge is -2.17. The maximum absolute atomic E-state index is 13.5. The first-order valence-corrected chi connectivity index (χ1v) is 4.99. The molecule has 2 nitrogen and oxygen atoms in total. The van der Waals surface area contributed by atoms with E-state index in [1.165, 1.54) is 12.1 Å². The molecular formula is C11H13F2NO. The van der Waals surface area contributed by atoms with Crippen LogP contribution in [0.2, 0.25) is 0 Å². The van der Waals surface area contributed by atoms with Gasteiger partial charge in [-0.1, -0.05) is 6.07 Å². The van der Waals surface area contributed by atoms with Gasteiger partial charge in [0.1, 0.15) is 11.6 Å². The summed E-state index contributed by atoms with van der Waals surface area (Å²) in [6, 6.07) is 3.61. The van der Waals surface area contributed by atoms with Gasteiger partial charge in [0.2, 0.25) is 0 Å². The van der Waals surface area contributed by atoms with Gasteiger partial charge in [-0.3, -0.25) is 0 Å². The summed E-state index contributed by atoms with van der Waals surface area (Å²) in [6.45, 7) is 1.33. The van der Waals surface area contributed by atoms with Crippen LogP contribution in [0.15, 0.2) is 18.2 Å². The second kappa shape index (κ2) is 4.24. The van der Waals surface area contributed by atoms with Crippen LogP contribution in [-0.2, 0) is 0 Å². The van der Waals surface area contributed by atoms with Crippen LogP contribution in [0.3, 0.4) is 0 Å². The van der Waals surface area contributed by atoms with Crippen LogP contribution < -0.4 is 5.32 Å². The maximum atomic E-state index is 13.5. The maximum Gasteiger partial charge on any atom is 0.129 e. The second-order valence-electron chi connectivity index (χ2n) is 3.87. The molecule has 1 heterocycles. The lowest BCUT2D eigenvalue weighted by molar-refractivity contribution is 0.225. The highest BCUT2D eigenvalue weighted by atomic mass is 19.1. The number of rotatable bonds is 2. The Morgan fingerprint density at radius 2 is 2.13 bits per heavy atom. The van der Waals surface area contributed by atoms with Crippen molar-refractivity contribution in [1.29, 1.82) is 0 Å². The van der Waals surface area contributed by atoms with E-state index in [1.54, 1.807) is 0 Å². The molecule has 1 aromatic rings. The van der Waals surface area contributed by atoms with E-state index in [-0.39, 0.29) is 18.4 Å². The van der Waals surface area contributed by atoms with Crippen molar-refractivity contribution in [2.45, 2.75) is 5.92 Å². The topological polar surface area (TPSA) is 32.3 Å². The average molecular weight is 213 g/mol. The summed E-state index contributed by atoms with van der Waals surface area (Å²) < 4.78 is 26.2. The Labute approximate surface area is 86.9 Å². The molecule has 0 aliphatic carbocycles. The molecule has 0 saturated carbocycles. The Balaban J connectivity index is 2.28. The summed E-state index contributed by atoms with van der Waals surface area (Å²) in [5.41, 5.74) is 0.487. The van der Waals surface area contributed by atoms with Crippen molar-refractivity contribution in [2.75, 3.05) is 19.7 Å². The van der Waals surface area contributed by atoms with Gasteiger partial charge < -0.3 is 10.4 Å². The number of nitrogens with one attached hydrogen (secondary N) is 1. The van der Waals surface area contributed by atoms with Crippen LogP contribution in [0.4, 0.5) is 8.78 Å². The number of aliphatic hydroxyl groups is 1. The molecule has 1 aromatic carbocycles. The van der Waals surface area contributed by atoms with E-state index in [0.717, 1.165) is 6.07 Å². The molecule has 0 aromatic heterocycles. The largest absolute Gasteiger partial charge is 0.396 e. The van der Waals surface area contributed by atoms with Gasteiger partial charge in [-0.15, -0.1) is 0 Å². The third-order valence-electron chi connectivity index (χ3n) is 2.94. The first-order valence-electron chi connectivity index (χ1n) is 4.99. The van der Waals surface area contributed by atoms with Crippen LogP contribution in [0, 0.1) is 17.6 Å². The minimum absolute atomic E-state index is 0.0185. The summed E-state index contributed by atoms with van der Waals surface area (Å²) in [6.07, 6.45) is 0. The Morgan fingerprint density at radius 3 is 2.80 bits per heavy atom. The van der Waals surface area contributed by atoms with Crippen molar-refractivity contribution in [2.24, 2.45) is 5.92 Å². The third kappa shape index (κ3) is 2.01. The van der Waals surface area contributed by atoms with E-state index >= 15 is 0 Å².